The highest BCUT2D eigenvalue weighted by molar-refractivity contribution is 8.13. The van der Waals surface area contributed by atoms with E-state index in [0.29, 0.717) is 23.8 Å². The highest BCUT2D eigenvalue weighted by atomic mass is 35.5. The molecule has 32 heavy (non-hydrogen) atoms. The standard InChI is InChI=1S/C20H18ClF3N4O3S/c21-12-1-3-15(26-8-12)17(29)27-13-2-4-16(31-20(22,23)24)14(7-13)19-10-30-6-5-11(19)9-32-18(25)28-19/h1-4,7-8,11H,5-6,9-10H2,(H2,25,28)(H,27,29)/t11-,19-/m0/s1. The van der Waals surface area contributed by atoms with Gasteiger partial charge in [-0.15, -0.1) is 13.2 Å². The first-order valence-corrected chi connectivity index (χ1v) is 10.9. The molecule has 0 unspecified atom stereocenters. The van der Waals surface area contributed by atoms with E-state index in [-0.39, 0.29) is 34.6 Å². The van der Waals surface area contributed by atoms with E-state index in [2.05, 4.69) is 20.0 Å². The largest absolute Gasteiger partial charge is 0.573 e. The van der Waals surface area contributed by atoms with Gasteiger partial charge in [-0.25, -0.2) is 9.98 Å². The van der Waals surface area contributed by atoms with Crippen molar-refractivity contribution >= 4 is 40.1 Å². The van der Waals surface area contributed by atoms with Crippen molar-refractivity contribution in [2.45, 2.75) is 18.3 Å². The van der Waals surface area contributed by atoms with Crippen molar-refractivity contribution in [3.8, 4) is 5.75 Å². The van der Waals surface area contributed by atoms with E-state index in [1.54, 1.807) is 0 Å². The molecule has 1 saturated heterocycles. The second-order valence-corrected chi connectivity index (χ2v) is 8.77. The Morgan fingerprint density at radius 1 is 1.34 bits per heavy atom. The summed E-state index contributed by atoms with van der Waals surface area (Å²) in [5.74, 6) is -0.504. The van der Waals surface area contributed by atoms with Gasteiger partial charge in [0.15, 0.2) is 5.17 Å². The molecule has 1 fully saturated rings. The smallest absolute Gasteiger partial charge is 0.405 e. The van der Waals surface area contributed by atoms with Crippen molar-refractivity contribution in [2.75, 3.05) is 24.3 Å². The average Bonchev–Trinajstić information content (AvgIpc) is 2.74. The molecule has 0 saturated carbocycles. The number of aliphatic imine (C=N–C) groups is 1. The van der Waals surface area contributed by atoms with Gasteiger partial charge in [0.25, 0.3) is 5.91 Å². The number of hydrogen-bond donors (Lipinski definition) is 2. The van der Waals surface area contributed by atoms with E-state index in [1.807, 2.05) is 0 Å². The molecule has 7 nitrogen and oxygen atoms in total. The van der Waals surface area contributed by atoms with Gasteiger partial charge in [0.2, 0.25) is 0 Å². The van der Waals surface area contributed by atoms with Gasteiger partial charge in [-0.05, 0) is 36.8 Å². The Hall–Kier alpha value is -2.50. The highest BCUT2D eigenvalue weighted by Gasteiger charge is 2.48. The number of nitrogens with one attached hydrogen (secondary N) is 1. The molecule has 3 heterocycles. The molecule has 2 aromatic rings. The van der Waals surface area contributed by atoms with Crippen molar-refractivity contribution in [3.63, 3.8) is 0 Å². The summed E-state index contributed by atoms with van der Waals surface area (Å²) in [6.07, 6.45) is -2.99. The van der Waals surface area contributed by atoms with E-state index >= 15 is 0 Å². The SMILES string of the molecule is NC1=N[C@@]2(c3cc(NC(=O)c4ccc(Cl)cn4)ccc3OC(F)(F)F)COCC[C@H]2CS1. The third-order valence-corrected chi connectivity index (χ3v) is 6.42. The minimum Gasteiger partial charge on any atom is -0.405 e. The molecule has 0 bridgehead atoms. The van der Waals surface area contributed by atoms with E-state index in [9.17, 15) is 18.0 Å². The Morgan fingerprint density at radius 3 is 2.88 bits per heavy atom. The lowest BCUT2D eigenvalue weighted by Gasteiger charge is -2.44. The quantitative estimate of drug-likeness (QED) is 0.672. The first-order valence-electron chi connectivity index (χ1n) is 9.55. The number of aromatic nitrogens is 1. The molecule has 2 atom stereocenters. The number of nitrogens with zero attached hydrogens (tertiary/aromatic N) is 2. The molecule has 4 rings (SSSR count). The van der Waals surface area contributed by atoms with Gasteiger partial charge >= 0.3 is 6.36 Å². The Bertz CT molecular complexity index is 1050. The van der Waals surface area contributed by atoms with Crippen LogP contribution in [0.25, 0.3) is 0 Å². The maximum Gasteiger partial charge on any atom is 0.573 e. The van der Waals surface area contributed by atoms with Gasteiger partial charge in [0.1, 0.15) is 17.0 Å². The zero-order chi connectivity index (χ0) is 22.9. The molecular weight excluding hydrogens is 469 g/mol. The summed E-state index contributed by atoms with van der Waals surface area (Å²) in [6.45, 7) is 0.514. The Balaban J connectivity index is 1.75. The van der Waals surface area contributed by atoms with Crippen LogP contribution in [-0.2, 0) is 10.3 Å². The lowest BCUT2D eigenvalue weighted by atomic mass is 9.76. The fourth-order valence-electron chi connectivity index (χ4n) is 3.79. The van der Waals surface area contributed by atoms with Gasteiger partial charge < -0.3 is 20.5 Å². The molecule has 12 heteroatoms. The first-order chi connectivity index (χ1) is 15.2. The Labute approximate surface area is 190 Å². The van der Waals surface area contributed by atoms with Crippen LogP contribution in [0.1, 0.15) is 22.5 Å². The van der Waals surface area contributed by atoms with Crippen LogP contribution in [-0.4, -0.2) is 41.4 Å². The maximum atomic E-state index is 13.1. The minimum absolute atomic E-state index is 0.0449. The number of alkyl halides is 3. The molecule has 3 N–H and O–H groups in total. The van der Waals surface area contributed by atoms with Crippen LogP contribution in [0.5, 0.6) is 5.75 Å². The van der Waals surface area contributed by atoms with Crippen molar-refractivity contribution in [2.24, 2.45) is 16.6 Å². The van der Waals surface area contributed by atoms with Crippen molar-refractivity contribution in [1.82, 2.24) is 4.98 Å². The molecule has 0 spiro atoms. The van der Waals surface area contributed by atoms with E-state index in [4.69, 9.17) is 22.1 Å². The average molecular weight is 487 g/mol. The number of carbonyl (C=O) groups is 1. The maximum absolute atomic E-state index is 13.1. The number of carbonyl (C=O) groups excluding carboxylic acids is 1. The summed E-state index contributed by atoms with van der Waals surface area (Å²) in [5, 5.41) is 3.26. The van der Waals surface area contributed by atoms with Crippen LogP contribution < -0.4 is 15.8 Å². The predicted molar refractivity (Wildman–Crippen MR) is 115 cm³/mol. The lowest BCUT2D eigenvalue weighted by molar-refractivity contribution is -0.275. The molecule has 0 radical (unpaired) electrons. The number of anilines is 1. The van der Waals surface area contributed by atoms with Gasteiger partial charge in [-0.2, -0.15) is 0 Å². The number of rotatable bonds is 4. The second-order valence-electron chi connectivity index (χ2n) is 7.30. The summed E-state index contributed by atoms with van der Waals surface area (Å²) >= 11 is 7.14. The third kappa shape index (κ3) is 4.79. The second kappa shape index (κ2) is 8.80. The monoisotopic (exact) mass is 486 g/mol. The minimum atomic E-state index is -4.91. The molecule has 1 aromatic heterocycles. The lowest BCUT2D eigenvalue weighted by Crippen LogP contribution is -2.47. The number of amides is 1. The fraction of sp³-hybridized carbons (Fsp3) is 0.350. The third-order valence-electron chi connectivity index (χ3n) is 5.24. The van der Waals surface area contributed by atoms with Gasteiger partial charge in [0, 0.05) is 35.7 Å². The van der Waals surface area contributed by atoms with E-state index in [0.717, 1.165) is 6.07 Å². The van der Waals surface area contributed by atoms with Crippen molar-refractivity contribution in [1.29, 1.82) is 0 Å². The topological polar surface area (TPSA) is 98.8 Å². The molecule has 0 aliphatic carbocycles. The Morgan fingerprint density at radius 2 is 2.16 bits per heavy atom. The highest BCUT2D eigenvalue weighted by Crippen LogP contribution is 2.48. The number of fused-ring (bicyclic) bond motifs is 1. The summed E-state index contributed by atoms with van der Waals surface area (Å²) in [5.41, 5.74) is 5.29. The zero-order valence-electron chi connectivity index (χ0n) is 16.5. The summed E-state index contributed by atoms with van der Waals surface area (Å²) in [7, 11) is 0. The number of halogens is 4. The number of amidine groups is 1. The normalized spacial score (nSPS) is 23.1. The number of nitrogens with two attached hydrogens (primary N) is 1. The molecule has 170 valence electrons. The number of thioether (sulfide) groups is 1. The van der Waals surface area contributed by atoms with Crippen LogP contribution in [0.2, 0.25) is 5.02 Å². The van der Waals surface area contributed by atoms with Gasteiger partial charge in [0.05, 0.1) is 11.6 Å². The number of pyridine rings is 1. The molecule has 2 aliphatic rings. The van der Waals surface area contributed by atoms with Crippen LogP contribution in [0, 0.1) is 5.92 Å². The predicted octanol–water partition coefficient (Wildman–Crippen LogP) is 4.18. The first kappa shape index (κ1) is 22.7. The summed E-state index contributed by atoms with van der Waals surface area (Å²) < 4.78 is 49.4. The van der Waals surface area contributed by atoms with Gasteiger partial charge in [-0.1, -0.05) is 23.4 Å². The Kier molecular flexibility index (Phi) is 6.24. The fourth-order valence-corrected chi connectivity index (χ4v) is 4.95. The van der Waals surface area contributed by atoms with E-state index < -0.39 is 23.6 Å². The summed E-state index contributed by atoms with van der Waals surface area (Å²) in [6, 6.07) is 6.84. The van der Waals surface area contributed by atoms with Gasteiger partial charge in [-0.3, -0.25) is 4.79 Å². The molecule has 2 aliphatic heterocycles. The van der Waals surface area contributed by atoms with Crippen LogP contribution in [0.15, 0.2) is 41.5 Å². The molecule has 1 aromatic carbocycles. The molecule has 1 amide bonds. The number of hydrogen-bond acceptors (Lipinski definition) is 7. The number of benzene rings is 1. The van der Waals surface area contributed by atoms with Crippen LogP contribution in [0.3, 0.4) is 0 Å². The summed E-state index contributed by atoms with van der Waals surface area (Å²) in [4.78, 5) is 21.0. The van der Waals surface area contributed by atoms with Crippen molar-refractivity contribution in [3.05, 3.63) is 52.8 Å². The number of ether oxygens (including phenoxy) is 2. The van der Waals surface area contributed by atoms with Crippen LogP contribution in [0.4, 0.5) is 18.9 Å². The molecular formula is C20H18ClF3N4O3S. The van der Waals surface area contributed by atoms with Crippen LogP contribution >= 0.6 is 23.4 Å². The van der Waals surface area contributed by atoms with E-state index in [1.165, 1.54) is 42.2 Å². The zero-order valence-corrected chi connectivity index (χ0v) is 18.1. The van der Waals surface area contributed by atoms with Crippen molar-refractivity contribution < 1.29 is 27.4 Å².